The van der Waals surface area contributed by atoms with Gasteiger partial charge in [-0.3, -0.25) is 14.4 Å². The summed E-state index contributed by atoms with van der Waals surface area (Å²) in [6.07, 6.45) is 77.2. The van der Waals surface area contributed by atoms with Crippen molar-refractivity contribution in [2.75, 3.05) is 13.2 Å². The highest BCUT2D eigenvalue weighted by Crippen LogP contribution is 2.15. The van der Waals surface area contributed by atoms with Gasteiger partial charge >= 0.3 is 17.9 Å². The Bertz CT molecular complexity index is 1400. The van der Waals surface area contributed by atoms with Crippen molar-refractivity contribution >= 4 is 17.9 Å². The maximum absolute atomic E-state index is 12.8. The van der Waals surface area contributed by atoms with Gasteiger partial charge in [-0.15, -0.1) is 0 Å². The standard InChI is InChI=1S/C64H108O6/c1-4-7-10-13-16-18-20-22-24-26-28-30-31-32-33-35-36-38-40-42-44-46-48-51-54-57-63(66)69-60-61(59-68-62(65)56-53-50-15-12-9-6-3)70-64(67)58-55-52-49-47-45-43-41-39-37-34-29-27-25-23-21-19-17-14-11-8-5-2/h8,11,17,19-20,22-23,25-26,28-29,31-32,34,39,41,61H,4-7,9-10,12-16,18,21,24,27,30,33,35-38,40,42-60H2,1-3H3/b11-8-,19-17-,22-20-,25-23-,28-26-,32-31-,34-29-,41-39-. The number of hydrogen-bond donors (Lipinski definition) is 0. The molecular weight excluding hydrogens is 865 g/mol. The predicted octanol–water partition coefficient (Wildman–Crippen LogP) is 19.7. The van der Waals surface area contributed by atoms with Crippen LogP contribution in [0.1, 0.15) is 271 Å². The molecule has 1 unspecified atom stereocenters. The van der Waals surface area contributed by atoms with Crippen LogP contribution in [0.3, 0.4) is 0 Å². The van der Waals surface area contributed by atoms with Gasteiger partial charge in [0.25, 0.3) is 0 Å². The van der Waals surface area contributed by atoms with Crippen LogP contribution >= 0.6 is 0 Å². The van der Waals surface area contributed by atoms with E-state index in [1.54, 1.807) is 0 Å². The highest BCUT2D eigenvalue weighted by Gasteiger charge is 2.19. The summed E-state index contributed by atoms with van der Waals surface area (Å²) in [4.78, 5) is 37.9. The number of esters is 3. The minimum atomic E-state index is -0.788. The van der Waals surface area contributed by atoms with Crippen LogP contribution < -0.4 is 0 Å². The van der Waals surface area contributed by atoms with E-state index in [0.29, 0.717) is 19.3 Å². The van der Waals surface area contributed by atoms with Crippen LogP contribution in [0.15, 0.2) is 97.2 Å². The first-order valence-electron chi connectivity index (χ1n) is 29.2. The zero-order chi connectivity index (χ0) is 50.7. The van der Waals surface area contributed by atoms with Gasteiger partial charge in [-0.05, 0) is 103 Å². The molecule has 0 saturated heterocycles. The number of carbonyl (C=O) groups is 3. The zero-order valence-electron chi connectivity index (χ0n) is 45.8. The highest BCUT2D eigenvalue weighted by atomic mass is 16.6. The Balaban J connectivity index is 4.19. The molecule has 70 heavy (non-hydrogen) atoms. The number of unbranched alkanes of at least 4 members (excludes halogenated alkanes) is 25. The van der Waals surface area contributed by atoms with Crippen LogP contribution in [0.25, 0.3) is 0 Å². The van der Waals surface area contributed by atoms with Crippen LogP contribution in [0.4, 0.5) is 0 Å². The van der Waals surface area contributed by atoms with Crippen LogP contribution in [-0.4, -0.2) is 37.2 Å². The van der Waals surface area contributed by atoms with Crippen molar-refractivity contribution < 1.29 is 28.6 Å². The lowest BCUT2D eigenvalue weighted by atomic mass is 10.1. The molecule has 0 radical (unpaired) electrons. The minimum Gasteiger partial charge on any atom is -0.462 e. The number of carbonyl (C=O) groups excluding carboxylic acids is 3. The summed E-state index contributed by atoms with van der Waals surface area (Å²) in [5.74, 6) is -0.918. The van der Waals surface area contributed by atoms with Crippen molar-refractivity contribution in [1.29, 1.82) is 0 Å². The third-order valence-corrected chi connectivity index (χ3v) is 12.3. The molecule has 0 aliphatic heterocycles. The van der Waals surface area contributed by atoms with Crippen molar-refractivity contribution in [3.05, 3.63) is 97.2 Å². The molecule has 0 fully saturated rings. The molecule has 0 aromatic carbocycles. The molecule has 400 valence electrons. The maximum atomic E-state index is 12.8. The topological polar surface area (TPSA) is 78.9 Å². The summed E-state index contributed by atoms with van der Waals surface area (Å²) in [5.41, 5.74) is 0. The van der Waals surface area contributed by atoms with Gasteiger partial charge < -0.3 is 14.2 Å². The SMILES string of the molecule is CC/C=C\C/C=C\C/C=C\C/C=C\C/C=C\CCCCCCCC(=O)OC(COC(=O)CCCCCCCC)COC(=O)CCCCCCCCCCCC/C=C\C/C=C\C/C=C\CCCCCCC. The number of ether oxygens (including phenoxy) is 3. The molecule has 0 heterocycles. The molecule has 0 spiro atoms. The minimum absolute atomic E-state index is 0.0871. The zero-order valence-corrected chi connectivity index (χ0v) is 45.8. The third-order valence-electron chi connectivity index (χ3n) is 12.3. The van der Waals surface area contributed by atoms with Gasteiger partial charge in [-0.25, -0.2) is 0 Å². The van der Waals surface area contributed by atoms with E-state index < -0.39 is 6.10 Å². The lowest BCUT2D eigenvalue weighted by Gasteiger charge is -2.18. The van der Waals surface area contributed by atoms with E-state index in [2.05, 4.69) is 118 Å². The van der Waals surface area contributed by atoms with Gasteiger partial charge in [0.05, 0.1) is 0 Å². The smallest absolute Gasteiger partial charge is 0.306 e. The van der Waals surface area contributed by atoms with Crippen LogP contribution in [0.2, 0.25) is 0 Å². The Kier molecular flexibility index (Phi) is 54.9. The predicted molar refractivity (Wildman–Crippen MR) is 302 cm³/mol. The summed E-state index contributed by atoms with van der Waals surface area (Å²) in [6.45, 7) is 6.44. The summed E-state index contributed by atoms with van der Waals surface area (Å²) in [7, 11) is 0. The monoisotopic (exact) mass is 973 g/mol. The van der Waals surface area contributed by atoms with E-state index in [1.165, 1.54) is 109 Å². The fourth-order valence-electron chi connectivity index (χ4n) is 7.95. The molecule has 0 amide bonds. The van der Waals surface area contributed by atoms with Crippen LogP contribution in [0, 0.1) is 0 Å². The van der Waals surface area contributed by atoms with Crippen molar-refractivity contribution in [3.63, 3.8) is 0 Å². The van der Waals surface area contributed by atoms with E-state index in [9.17, 15) is 14.4 Å². The molecule has 6 nitrogen and oxygen atoms in total. The largest absolute Gasteiger partial charge is 0.462 e. The number of allylic oxidation sites excluding steroid dienone is 16. The van der Waals surface area contributed by atoms with Crippen LogP contribution in [-0.2, 0) is 28.6 Å². The van der Waals surface area contributed by atoms with E-state index in [1.807, 2.05) is 0 Å². The molecule has 6 heteroatoms. The summed E-state index contributed by atoms with van der Waals surface area (Å²) in [5, 5.41) is 0. The van der Waals surface area contributed by atoms with E-state index in [-0.39, 0.29) is 31.1 Å². The molecule has 1 atom stereocenters. The van der Waals surface area contributed by atoms with Gasteiger partial charge in [0, 0.05) is 19.3 Å². The Morgan fingerprint density at radius 3 is 0.871 bits per heavy atom. The molecule has 0 rings (SSSR count). The molecule has 0 aliphatic carbocycles. The van der Waals surface area contributed by atoms with Crippen molar-refractivity contribution in [1.82, 2.24) is 0 Å². The Hall–Kier alpha value is -3.67. The first-order chi connectivity index (χ1) is 34.5. The summed E-state index contributed by atoms with van der Waals surface area (Å²) in [6, 6.07) is 0. The second kappa shape index (κ2) is 57.9. The lowest BCUT2D eigenvalue weighted by Crippen LogP contribution is -2.30. The average molecular weight is 974 g/mol. The summed E-state index contributed by atoms with van der Waals surface area (Å²) < 4.78 is 16.7. The molecule has 0 aromatic rings. The fraction of sp³-hybridized carbons (Fsp3) is 0.703. The second-order valence-corrected chi connectivity index (χ2v) is 19.2. The number of hydrogen-bond acceptors (Lipinski definition) is 6. The highest BCUT2D eigenvalue weighted by molar-refractivity contribution is 5.71. The molecule has 0 saturated carbocycles. The molecule has 0 aromatic heterocycles. The van der Waals surface area contributed by atoms with Crippen molar-refractivity contribution in [2.45, 2.75) is 277 Å². The maximum Gasteiger partial charge on any atom is 0.306 e. The summed E-state index contributed by atoms with van der Waals surface area (Å²) >= 11 is 0. The van der Waals surface area contributed by atoms with Crippen molar-refractivity contribution in [2.24, 2.45) is 0 Å². The third kappa shape index (κ3) is 55.3. The first-order valence-corrected chi connectivity index (χ1v) is 29.2. The van der Waals surface area contributed by atoms with Gasteiger partial charge in [-0.1, -0.05) is 246 Å². The Labute approximate surface area is 432 Å². The Morgan fingerprint density at radius 1 is 0.300 bits per heavy atom. The van der Waals surface area contributed by atoms with E-state index in [0.717, 1.165) is 122 Å². The van der Waals surface area contributed by atoms with E-state index >= 15 is 0 Å². The van der Waals surface area contributed by atoms with Crippen LogP contribution in [0.5, 0.6) is 0 Å². The average Bonchev–Trinajstić information content (AvgIpc) is 3.36. The van der Waals surface area contributed by atoms with Gasteiger partial charge in [0.15, 0.2) is 6.10 Å². The van der Waals surface area contributed by atoms with Gasteiger partial charge in [-0.2, -0.15) is 0 Å². The van der Waals surface area contributed by atoms with Crippen molar-refractivity contribution in [3.8, 4) is 0 Å². The molecule has 0 N–H and O–H groups in total. The van der Waals surface area contributed by atoms with Gasteiger partial charge in [0.2, 0.25) is 0 Å². The van der Waals surface area contributed by atoms with Gasteiger partial charge in [0.1, 0.15) is 13.2 Å². The lowest BCUT2D eigenvalue weighted by molar-refractivity contribution is -0.167. The molecule has 0 aliphatic rings. The molecular formula is C64H108O6. The second-order valence-electron chi connectivity index (χ2n) is 19.2. The first kappa shape index (κ1) is 66.3. The fourth-order valence-corrected chi connectivity index (χ4v) is 7.95. The Morgan fingerprint density at radius 2 is 0.557 bits per heavy atom. The number of rotatable bonds is 52. The molecule has 0 bridgehead atoms. The quantitative estimate of drug-likeness (QED) is 0.0262. The van der Waals surface area contributed by atoms with E-state index in [4.69, 9.17) is 14.2 Å². The normalized spacial score (nSPS) is 12.8.